The van der Waals surface area contributed by atoms with Crippen molar-refractivity contribution in [3.63, 3.8) is 0 Å². The van der Waals surface area contributed by atoms with E-state index in [1.165, 1.54) is 0 Å². The van der Waals surface area contributed by atoms with E-state index < -0.39 is 0 Å². The Morgan fingerprint density at radius 3 is 2.71 bits per heavy atom. The van der Waals surface area contributed by atoms with Gasteiger partial charge in [0.25, 0.3) is 0 Å². The predicted octanol–water partition coefficient (Wildman–Crippen LogP) is 2.98. The average molecular weight is 248 g/mol. The number of halogens is 1. The molecule has 3 aliphatic rings. The van der Waals surface area contributed by atoms with Crippen molar-refractivity contribution in [2.75, 3.05) is 13.1 Å². The first-order valence-electron chi connectivity index (χ1n) is 6.00. The quantitative estimate of drug-likeness (QED) is 0.711. The second kappa shape index (κ2) is 4.19. The molecule has 0 saturated carbocycles. The van der Waals surface area contributed by atoms with Gasteiger partial charge in [0.2, 0.25) is 0 Å². The smallest absolute Gasteiger partial charge is 0.182 e. The van der Waals surface area contributed by atoms with Crippen molar-refractivity contribution in [1.82, 2.24) is 4.90 Å². The summed E-state index contributed by atoms with van der Waals surface area (Å²) in [4.78, 5) is 14.3. The van der Waals surface area contributed by atoms with Crippen LogP contribution in [0.4, 0.5) is 0 Å². The van der Waals surface area contributed by atoms with Crippen LogP contribution < -0.4 is 0 Å². The number of rotatable bonds is 1. The maximum absolute atomic E-state index is 12.1. The molecule has 0 N–H and O–H groups in total. The van der Waals surface area contributed by atoms with E-state index in [1.54, 1.807) is 0 Å². The Bertz CT molecular complexity index is 487. The number of nitrogens with zero attached hydrogens (tertiary/aromatic N) is 1. The summed E-state index contributed by atoms with van der Waals surface area (Å²) in [5.41, 5.74) is 1.88. The third-order valence-corrected chi connectivity index (χ3v) is 3.85. The first-order valence-corrected chi connectivity index (χ1v) is 6.38. The van der Waals surface area contributed by atoms with Gasteiger partial charge in [0.1, 0.15) is 0 Å². The van der Waals surface area contributed by atoms with E-state index >= 15 is 0 Å². The molecule has 0 aliphatic carbocycles. The Morgan fingerprint density at radius 1 is 1.29 bits per heavy atom. The van der Waals surface area contributed by atoms with E-state index in [0.717, 1.165) is 37.2 Å². The molecule has 3 heteroatoms. The zero-order valence-corrected chi connectivity index (χ0v) is 10.3. The van der Waals surface area contributed by atoms with E-state index in [4.69, 9.17) is 11.6 Å². The summed E-state index contributed by atoms with van der Waals surface area (Å²) in [6, 6.07) is 7.63. The van der Waals surface area contributed by atoms with Crippen molar-refractivity contribution in [2.45, 2.75) is 12.8 Å². The van der Waals surface area contributed by atoms with Crippen LogP contribution in [0.2, 0.25) is 5.02 Å². The lowest BCUT2D eigenvalue weighted by molar-refractivity contribution is -0.125. The topological polar surface area (TPSA) is 20.3 Å². The van der Waals surface area contributed by atoms with Crippen LogP contribution >= 0.6 is 11.6 Å². The maximum Gasteiger partial charge on any atom is 0.182 e. The van der Waals surface area contributed by atoms with E-state index in [1.807, 2.05) is 30.3 Å². The first kappa shape index (κ1) is 10.8. The highest BCUT2D eigenvalue weighted by molar-refractivity contribution is 6.30. The molecular weight excluding hydrogens is 234 g/mol. The number of allylic oxidation sites excluding steroid dienone is 1. The largest absolute Gasteiger partial charge is 0.369 e. The van der Waals surface area contributed by atoms with Gasteiger partial charge >= 0.3 is 0 Å². The van der Waals surface area contributed by atoms with Gasteiger partial charge in [0.15, 0.2) is 5.78 Å². The molecule has 3 fully saturated rings. The van der Waals surface area contributed by atoms with Gasteiger partial charge in [-0.1, -0.05) is 23.7 Å². The molecular formula is C14H14ClNO. The minimum absolute atomic E-state index is 0.255. The molecule has 1 aromatic rings. The molecule has 3 saturated heterocycles. The molecule has 3 heterocycles. The first-order chi connectivity index (χ1) is 8.24. The number of Topliss-reactive ketones (excluding diaryl/α,β-unsaturated/α-hetero) is 1. The SMILES string of the molecule is O=C1C(=Cc2cccc(Cl)c2)N2CCC1CC2. The highest BCUT2D eigenvalue weighted by atomic mass is 35.5. The van der Waals surface area contributed by atoms with Crippen molar-refractivity contribution >= 4 is 23.5 Å². The second-order valence-corrected chi connectivity index (χ2v) is 5.15. The molecule has 0 amide bonds. The van der Waals surface area contributed by atoms with Crippen LogP contribution in [0.1, 0.15) is 18.4 Å². The number of fused-ring (bicyclic) bond motifs is 3. The van der Waals surface area contributed by atoms with Crippen LogP contribution in [0.15, 0.2) is 30.0 Å². The molecule has 0 atom stereocenters. The number of carbonyl (C=O) groups is 1. The molecule has 17 heavy (non-hydrogen) atoms. The van der Waals surface area contributed by atoms with E-state index in [0.29, 0.717) is 10.8 Å². The number of hydrogen-bond acceptors (Lipinski definition) is 2. The molecule has 4 rings (SSSR count). The zero-order valence-electron chi connectivity index (χ0n) is 9.53. The van der Waals surface area contributed by atoms with Crippen LogP contribution in [0, 0.1) is 5.92 Å². The van der Waals surface area contributed by atoms with Gasteiger partial charge in [0, 0.05) is 24.0 Å². The molecule has 88 valence electrons. The number of benzene rings is 1. The Morgan fingerprint density at radius 2 is 2.06 bits per heavy atom. The predicted molar refractivity (Wildman–Crippen MR) is 68.7 cm³/mol. The maximum atomic E-state index is 12.1. The fourth-order valence-electron chi connectivity index (χ4n) is 2.66. The molecule has 2 bridgehead atoms. The Balaban J connectivity index is 1.95. The number of carbonyl (C=O) groups excluding carboxylic acids is 1. The summed E-state index contributed by atoms with van der Waals surface area (Å²) in [5.74, 6) is 0.563. The number of hydrogen-bond donors (Lipinski definition) is 0. The summed E-state index contributed by atoms with van der Waals surface area (Å²) in [6.07, 6.45) is 4.01. The summed E-state index contributed by atoms with van der Waals surface area (Å²) >= 11 is 5.95. The molecule has 3 aliphatic heterocycles. The van der Waals surface area contributed by atoms with Crippen molar-refractivity contribution < 1.29 is 4.79 Å². The van der Waals surface area contributed by atoms with Gasteiger partial charge in [-0.05, 0) is 36.6 Å². The minimum Gasteiger partial charge on any atom is -0.369 e. The third kappa shape index (κ3) is 1.98. The fraction of sp³-hybridized carbons (Fsp3) is 0.357. The van der Waals surface area contributed by atoms with Gasteiger partial charge < -0.3 is 4.90 Å². The van der Waals surface area contributed by atoms with Crippen LogP contribution in [0.25, 0.3) is 6.08 Å². The molecule has 0 aromatic heterocycles. The van der Waals surface area contributed by atoms with Crippen LogP contribution in [-0.4, -0.2) is 23.8 Å². The number of ketones is 1. The summed E-state index contributed by atoms with van der Waals surface area (Å²) in [5, 5.41) is 0.711. The zero-order chi connectivity index (χ0) is 11.8. The standard InChI is InChI=1S/C14H14ClNO/c15-12-3-1-2-10(8-12)9-13-14(17)11-4-6-16(13)7-5-11/h1-3,8-9,11H,4-7H2. The lowest BCUT2D eigenvalue weighted by atomic mass is 9.84. The van der Waals surface area contributed by atoms with Crippen LogP contribution in [0.3, 0.4) is 0 Å². The van der Waals surface area contributed by atoms with Crippen molar-refractivity contribution in [2.24, 2.45) is 5.92 Å². The van der Waals surface area contributed by atoms with Crippen molar-refractivity contribution in [1.29, 1.82) is 0 Å². The lowest BCUT2D eigenvalue weighted by Crippen LogP contribution is -2.45. The number of piperidine rings is 3. The third-order valence-electron chi connectivity index (χ3n) is 3.61. The summed E-state index contributed by atoms with van der Waals surface area (Å²) < 4.78 is 0. The Hall–Kier alpha value is -1.28. The van der Waals surface area contributed by atoms with Crippen molar-refractivity contribution in [3.05, 3.63) is 40.5 Å². The van der Waals surface area contributed by atoms with Crippen molar-refractivity contribution in [3.8, 4) is 0 Å². The monoisotopic (exact) mass is 247 g/mol. The van der Waals surface area contributed by atoms with Gasteiger partial charge in [-0.15, -0.1) is 0 Å². The molecule has 0 spiro atoms. The highest BCUT2D eigenvalue weighted by Crippen LogP contribution is 2.32. The Kier molecular flexibility index (Phi) is 2.67. The molecule has 0 radical (unpaired) electrons. The van der Waals surface area contributed by atoms with E-state index in [2.05, 4.69) is 4.90 Å². The van der Waals surface area contributed by atoms with Gasteiger partial charge in [-0.25, -0.2) is 0 Å². The average Bonchev–Trinajstić information content (AvgIpc) is 2.34. The minimum atomic E-state index is 0.255. The molecule has 2 nitrogen and oxygen atoms in total. The van der Waals surface area contributed by atoms with Crippen LogP contribution in [0.5, 0.6) is 0 Å². The van der Waals surface area contributed by atoms with Gasteiger partial charge in [-0.2, -0.15) is 0 Å². The van der Waals surface area contributed by atoms with E-state index in [-0.39, 0.29) is 5.92 Å². The van der Waals surface area contributed by atoms with Crippen LogP contribution in [-0.2, 0) is 4.79 Å². The van der Waals surface area contributed by atoms with E-state index in [9.17, 15) is 4.79 Å². The molecule has 1 aromatic carbocycles. The summed E-state index contributed by atoms with van der Waals surface area (Å²) in [7, 11) is 0. The highest BCUT2D eigenvalue weighted by Gasteiger charge is 2.36. The van der Waals surface area contributed by atoms with Gasteiger partial charge in [-0.3, -0.25) is 4.79 Å². The fourth-order valence-corrected chi connectivity index (χ4v) is 2.86. The Labute approximate surface area is 106 Å². The summed E-state index contributed by atoms with van der Waals surface area (Å²) in [6.45, 7) is 2.03. The lowest BCUT2D eigenvalue weighted by Gasteiger charge is -2.41. The normalized spacial score (nSPS) is 22.5. The second-order valence-electron chi connectivity index (χ2n) is 4.71. The van der Waals surface area contributed by atoms with Gasteiger partial charge in [0.05, 0.1) is 5.70 Å². The molecule has 0 unspecified atom stereocenters.